The highest BCUT2D eigenvalue weighted by Crippen LogP contribution is 2.54. The Kier molecular flexibility index (Phi) is 4.78. The summed E-state index contributed by atoms with van der Waals surface area (Å²) in [5, 5.41) is 6.49. The van der Waals surface area contributed by atoms with Crippen LogP contribution < -0.4 is 10.6 Å². The summed E-state index contributed by atoms with van der Waals surface area (Å²) in [6.45, 7) is 8.64. The van der Waals surface area contributed by atoms with Crippen molar-refractivity contribution < 1.29 is 19.1 Å². The lowest BCUT2D eigenvalue weighted by atomic mass is 9.75. The first kappa shape index (κ1) is 20.0. The van der Waals surface area contributed by atoms with Crippen molar-refractivity contribution in [2.75, 3.05) is 25.6 Å². The second-order valence-corrected chi connectivity index (χ2v) is 8.90. The molecule has 3 heterocycles. The van der Waals surface area contributed by atoms with Crippen LogP contribution in [0.3, 0.4) is 0 Å². The zero-order chi connectivity index (χ0) is 21.1. The van der Waals surface area contributed by atoms with Gasteiger partial charge in [-0.25, -0.2) is 0 Å². The molecule has 7 heteroatoms. The van der Waals surface area contributed by atoms with Gasteiger partial charge in [0.05, 0.1) is 25.0 Å². The third-order valence-corrected chi connectivity index (χ3v) is 6.76. The van der Waals surface area contributed by atoms with Crippen molar-refractivity contribution in [1.82, 2.24) is 10.2 Å². The van der Waals surface area contributed by atoms with E-state index in [9.17, 15) is 14.4 Å². The van der Waals surface area contributed by atoms with Gasteiger partial charge in [0, 0.05) is 24.4 Å². The summed E-state index contributed by atoms with van der Waals surface area (Å²) in [5.74, 6) is -1.67. The molecule has 3 aliphatic rings. The van der Waals surface area contributed by atoms with Gasteiger partial charge in [0.1, 0.15) is 5.54 Å². The van der Waals surface area contributed by atoms with E-state index in [0.29, 0.717) is 12.3 Å². The van der Waals surface area contributed by atoms with Gasteiger partial charge in [0.2, 0.25) is 17.7 Å². The fraction of sp³-hybridized carbons (Fsp3) is 0.591. The molecule has 0 saturated carbocycles. The van der Waals surface area contributed by atoms with Crippen molar-refractivity contribution in [2.24, 2.45) is 17.8 Å². The molecule has 4 rings (SSSR count). The van der Waals surface area contributed by atoms with Gasteiger partial charge in [-0.15, -0.1) is 0 Å². The number of rotatable bonds is 5. The predicted molar refractivity (Wildman–Crippen MR) is 108 cm³/mol. The number of carbonyl (C=O) groups is 3. The summed E-state index contributed by atoms with van der Waals surface area (Å²) in [5.41, 5.74) is 2.41. The van der Waals surface area contributed by atoms with E-state index < -0.39 is 17.4 Å². The quantitative estimate of drug-likeness (QED) is 0.736. The molecule has 3 amide bonds. The zero-order valence-electron chi connectivity index (χ0n) is 17.7. The van der Waals surface area contributed by atoms with Crippen LogP contribution in [0.1, 0.15) is 37.0 Å². The number of nitrogens with zero attached hydrogens (tertiary/aromatic N) is 1. The Labute approximate surface area is 171 Å². The fourth-order valence-electron chi connectivity index (χ4n) is 5.29. The van der Waals surface area contributed by atoms with Gasteiger partial charge in [-0.3, -0.25) is 24.6 Å². The van der Waals surface area contributed by atoms with E-state index in [2.05, 4.69) is 24.5 Å². The van der Waals surface area contributed by atoms with Crippen LogP contribution >= 0.6 is 0 Å². The van der Waals surface area contributed by atoms with Gasteiger partial charge in [0.25, 0.3) is 0 Å². The molecule has 0 bridgehead atoms. The molecule has 1 spiro atoms. The Hall–Kier alpha value is -2.25. The number of fused-ring (bicyclic) bond motifs is 4. The van der Waals surface area contributed by atoms with E-state index >= 15 is 0 Å². The van der Waals surface area contributed by atoms with Gasteiger partial charge in [-0.1, -0.05) is 26.0 Å². The highest BCUT2D eigenvalue weighted by Gasteiger charge is 2.70. The molecule has 0 aliphatic carbocycles. The first-order chi connectivity index (χ1) is 13.7. The van der Waals surface area contributed by atoms with E-state index in [0.717, 1.165) is 22.4 Å². The standard InChI is InChI=1S/C22H29N3O4/c1-11(2)10-15-16-17(20(27)25(19(16)26)8-9-29-5)22(24-15)14-7-6-12(3)13(4)18(14)23-21(22)28/h6-7,11,15-17,24H,8-10H2,1-5H3,(H,23,28)/t15?,16-,17+,22?/m0/s1. The Balaban J connectivity index is 1.85. The number of imide groups is 1. The van der Waals surface area contributed by atoms with Crippen LogP contribution in [0.4, 0.5) is 5.69 Å². The van der Waals surface area contributed by atoms with Crippen LogP contribution in [0.5, 0.6) is 0 Å². The number of aryl methyl sites for hydroxylation is 1. The van der Waals surface area contributed by atoms with Crippen LogP contribution in [0, 0.1) is 31.6 Å². The number of anilines is 1. The van der Waals surface area contributed by atoms with Crippen molar-refractivity contribution in [3.8, 4) is 0 Å². The smallest absolute Gasteiger partial charge is 0.250 e. The molecular weight excluding hydrogens is 370 g/mol. The van der Waals surface area contributed by atoms with Crippen LogP contribution in [0.25, 0.3) is 0 Å². The number of nitrogens with one attached hydrogen (secondary N) is 2. The molecule has 0 radical (unpaired) electrons. The minimum atomic E-state index is -1.20. The molecule has 7 nitrogen and oxygen atoms in total. The Morgan fingerprint density at radius 2 is 1.90 bits per heavy atom. The third kappa shape index (κ3) is 2.67. The Morgan fingerprint density at radius 3 is 2.55 bits per heavy atom. The zero-order valence-corrected chi connectivity index (χ0v) is 17.7. The molecular formula is C22H29N3O4. The van der Waals surface area contributed by atoms with Gasteiger partial charge < -0.3 is 10.1 Å². The first-order valence-electron chi connectivity index (χ1n) is 10.3. The summed E-state index contributed by atoms with van der Waals surface area (Å²) in [6.07, 6.45) is 0.716. The number of carbonyl (C=O) groups excluding carboxylic acids is 3. The second kappa shape index (κ2) is 6.92. The highest BCUT2D eigenvalue weighted by atomic mass is 16.5. The normalized spacial score (nSPS) is 30.5. The molecule has 1 aromatic rings. The maximum Gasteiger partial charge on any atom is 0.250 e. The molecule has 2 saturated heterocycles. The van der Waals surface area contributed by atoms with Crippen molar-refractivity contribution in [1.29, 1.82) is 0 Å². The molecule has 2 fully saturated rings. The molecule has 2 unspecified atom stereocenters. The summed E-state index contributed by atoms with van der Waals surface area (Å²) in [6, 6.07) is 3.67. The van der Waals surface area contributed by atoms with Gasteiger partial charge >= 0.3 is 0 Å². The average Bonchev–Trinajstić information content (AvgIpc) is 3.22. The third-order valence-electron chi connectivity index (χ3n) is 6.76. The van der Waals surface area contributed by atoms with Crippen LogP contribution in [0.2, 0.25) is 0 Å². The number of ether oxygens (including phenoxy) is 1. The van der Waals surface area contributed by atoms with Crippen molar-refractivity contribution in [3.63, 3.8) is 0 Å². The molecule has 2 N–H and O–H groups in total. The fourth-order valence-corrected chi connectivity index (χ4v) is 5.29. The lowest BCUT2D eigenvalue weighted by Crippen LogP contribution is -2.53. The van der Waals surface area contributed by atoms with E-state index in [1.165, 1.54) is 4.90 Å². The summed E-state index contributed by atoms with van der Waals surface area (Å²) >= 11 is 0. The maximum absolute atomic E-state index is 13.4. The Morgan fingerprint density at radius 1 is 1.17 bits per heavy atom. The maximum atomic E-state index is 13.4. The van der Waals surface area contributed by atoms with E-state index in [4.69, 9.17) is 4.74 Å². The molecule has 4 atom stereocenters. The van der Waals surface area contributed by atoms with Crippen LogP contribution in [-0.4, -0.2) is 48.9 Å². The number of methoxy groups -OCH3 is 1. The van der Waals surface area contributed by atoms with E-state index in [-0.39, 0.29) is 36.9 Å². The van der Waals surface area contributed by atoms with E-state index in [1.807, 2.05) is 26.0 Å². The van der Waals surface area contributed by atoms with Gasteiger partial charge in [0.15, 0.2) is 0 Å². The lowest BCUT2D eigenvalue weighted by Gasteiger charge is -2.30. The van der Waals surface area contributed by atoms with Crippen molar-refractivity contribution in [3.05, 3.63) is 28.8 Å². The monoisotopic (exact) mass is 399 g/mol. The molecule has 29 heavy (non-hydrogen) atoms. The van der Waals surface area contributed by atoms with Gasteiger partial charge in [-0.05, 0) is 37.3 Å². The van der Waals surface area contributed by atoms with E-state index in [1.54, 1.807) is 7.11 Å². The molecule has 3 aliphatic heterocycles. The number of hydrogen-bond acceptors (Lipinski definition) is 5. The first-order valence-corrected chi connectivity index (χ1v) is 10.3. The van der Waals surface area contributed by atoms with Crippen molar-refractivity contribution >= 4 is 23.4 Å². The molecule has 1 aromatic carbocycles. The molecule has 156 valence electrons. The van der Waals surface area contributed by atoms with Gasteiger partial charge in [-0.2, -0.15) is 0 Å². The molecule has 0 aromatic heterocycles. The number of benzene rings is 1. The highest BCUT2D eigenvalue weighted by molar-refractivity contribution is 6.15. The number of likely N-dealkylation sites (tertiary alicyclic amines) is 1. The van der Waals surface area contributed by atoms with Crippen molar-refractivity contribution in [2.45, 2.75) is 45.7 Å². The number of hydrogen-bond donors (Lipinski definition) is 2. The minimum absolute atomic E-state index is 0.197. The lowest BCUT2D eigenvalue weighted by molar-refractivity contribution is -0.143. The number of amides is 3. The minimum Gasteiger partial charge on any atom is -0.383 e. The summed E-state index contributed by atoms with van der Waals surface area (Å²) in [4.78, 5) is 41.4. The Bertz CT molecular complexity index is 896. The second-order valence-electron chi connectivity index (χ2n) is 8.90. The SMILES string of the molecule is COCCN1C(=O)[C@H]2C(CC(C)C)NC3(C(=O)Nc4c3ccc(C)c4C)[C@H]2C1=O. The summed E-state index contributed by atoms with van der Waals surface area (Å²) < 4.78 is 5.10. The van der Waals surface area contributed by atoms with Crippen LogP contribution in [-0.2, 0) is 24.7 Å². The topological polar surface area (TPSA) is 87.7 Å². The predicted octanol–water partition coefficient (Wildman–Crippen LogP) is 1.72. The average molecular weight is 399 g/mol. The van der Waals surface area contributed by atoms with Crippen LogP contribution in [0.15, 0.2) is 12.1 Å². The largest absolute Gasteiger partial charge is 0.383 e. The summed E-state index contributed by atoms with van der Waals surface area (Å²) in [7, 11) is 1.54.